The van der Waals surface area contributed by atoms with Crippen LogP contribution < -0.4 is 20.1 Å². The van der Waals surface area contributed by atoms with Crippen LogP contribution in [0, 0.1) is 0 Å². The van der Waals surface area contributed by atoms with Gasteiger partial charge in [-0.25, -0.2) is 36.1 Å². The third kappa shape index (κ3) is 7.20. The van der Waals surface area contributed by atoms with Crippen LogP contribution in [-0.4, -0.2) is 52.4 Å². The van der Waals surface area contributed by atoms with Gasteiger partial charge in [0.15, 0.2) is 0 Å². The molecular weight excluding hydrogens is 577 g/mol. The normalized spacial score (nSPS) is 19.4. The van der Waals surface area contributed by atoms with Gasteiger partial charge in [0, 0.05) is 6.54 Å². The number of aliphatic imine (C=N–C) groups is 2. The van der Waals surface area contributed by atoms with Gasteiger partial charge in [0.25, 0.3) is 20.0 Å². The SMILES string of the molecule is CCC(C)N=C1Nc2ccc(C(=O)O)cc2S(=O)(=O)N1.CCCN=C1Nc2ccc(C(F)(F)F)cc2S(=O)(=O)N1. The summed E-state index contributed by atoms with van der Waals surface area (Å²) in [6.45, 7) is 6.08. The van der Waals surface area contributed by atoms with Crippen molar-refractivity contribution in [3.05, 3.63) is 47.5 Å². The van der Waals surface area contributed by atoms with E-state index in [0.29, 0.717) is 24.7 Å². The molecule has 2 aromatic rings. The zero-order valence-corrected chi connectivity index (χ0v) is 23.1. The molecule has 0 bridgehead atoms. The number of hydrogen-bond acceptors (Lipinski definition) is 7. The lowest BCUT2D eigenvalue weighted by atomic mass is 10.2. The van der Waals surface area contributed by atoms with Crippen LogP contribution in [0.2, 0.25) is 0 Å². The molecule has 0 aliphatic carbocycles. The van der Waals surface area contributed by atoms with Crippen LogP contribution in [0.1, 0.15) is 49.5 Å². The molecule has 0 aromatic heterocycles. The van der Waals surface area contributed by atoms with E-state index in [9.17, 15) is 34.8 Å². The molecule has 2 aliphatic rings. The molecule has 0 saturated carbocycles. The van der Waals surface area contributed by atoms with Crippen LogP contribution in [0.5, 0.6) is 0 Å². The van der Waals surface area contributed by atoms with Gasteiger partial charge in [-0.05, 0) is 56.2 Å². The van der Waals surface area contributed by atoms with E-state index in [0.717, 1.165) is 24.6 Å². The topological polar surface area (TPSA) is 178 Å². The van der Waals surface area contributed by atoms with E-state index in [1.807, 2.05) is 20.8 Å². The number of benzene rings is 2. The van der Waals surface area contributed by atoms with Crippen LogP contribution in [0.15, 0.2) is 56.2 Å². The molecule has 5 N–H and O–H groups in total. The highest BCUT2D eigenvalue weighted by Gasteiger charge is 2.35. The summed E-state index contributed by atoms with van der Waals surface area (Å²) in [6.07, 6.45) is -3.11. The van der Waals surface area contributed by atoms with Crippen molar-refractivity contribution < 1.29 is 39.9 Å². The third-order valence-corrected chi connectivity index (χ3v) is 8.28. The predicted octanol–water partition coefficient (Wildman–Crippen LogP) is 3.42. The Morgan fingerprint density at radius 2 is 1.48 bits per heavy atom. The van der Waals surface area contributed by atoms with E-state index in [4.69, 9.17) is 5.11 Å². The minimum Gasteiger partial charge on any atom is -0.478 e. The average Bonchev–Trinajstić information content (AvgIpc) is 2.86. The number of fused-ring (bicyclic) bond motifs is 2. The van der Waals surface area contributed by atoms with Crippen molar-refractivity contribution in [2.75, 3.05) is 17.2 Å². The van der Waals surface area contributed by atoms with E-state index < -0.39 is 42.7 Å². The molecule has 2 aliphatic heterocycles. The van der Waals surface area contributed by atoms with E-state index in [-0.39, 0.29) is 34.1 Å². The molecule has 0 radical (unpaired) electrons. The van der Waals surface area contributed by atoms with Crippen LogP contribution in [0.25, 0.3) is 0 Å². The molecule has 40 heavy (non-hydrogen) atoms. The van der Waals surface area contributed by atoms with Gasteiger partial charge < -0.3 is 15.7 Å². The van der Waals surface area contributed by atoms with Gasteiger partial charge >= 0.3 is 12.1 Å². The molecule has 17 heteroatoms. The zero-order chi connectivity index (χ0) is 29.9. The van der Waals surface area contributed by atoms with Crippen molar-refractivity contribution in [1.82, 2.24) is 9.44 Å². The number of hydrogen-bond donors (Lipinski definition) is 5. The summed E-state index contributed by atoms with van der Waals surface area (Å²) in [5.41, 5.74) is -0.710. The highest BCUT2D eigenvalue weighted by atomic mass is 32.2. The first-order valence-electron chi connectivity index (χ1n) is 11.9. The lowest BCUT2D eigenvalue weighted by molar-refractivity contribution is -0.137. The molecule has 2 aromatic carbocycles. The smallest absolute Gasteiger partial charge is 0.416 e. The number of aromatic carboxylic acids is 1. The molecule has 0 saturated heterocycles. The predicted molar refractivity (Wildman–Crippen MR) is 143 cm³/mol. The Morgan fingerprint density at radius 3 is 2.02 bits per heavy atom. The summed E-state index contributed by atoms with van der Waals surface area (Å²) in [6, 6.07) is 6.36. The number of nitrogens with zero attached hydrogens (tertiary/aromatic N) is 2. The molecule has 0 amide bonds. The molecule has 218 valence electrons. The third-order valence-electron chi connectivity index (χ3n) is 5.52. The summed E-state index contributed by atoms with van der Waals surface area (Å²) in [5.74, 6) is -1.02. The van der Waals surface area contributed by atoms with Gasteiger partial charge in [-0.15, -0.1) is 0 Å². The lowest BCUT2D eigenvalue weighted by Crippen LogP contribution is -2.41. The minimum absolute atomic E-state index is 0.0131. The quantitative estimate of drug-likeness (QED) is 0.345. The van der Waals surface area contributed by atoms with Crippen molar-refractivity contribution >= 4 is 49.3 Å². The van der Waals surface area contributed by atoms with Gasteiger partial charge in [0.2, 0.25) is 11.9 Å². The van der Waals surface area contributed by atoms with Gasteiger partial charge in [-0.2, -0.15) is 13.2 Å². The fraction of sp³-hybridized carbons (Fsp3) is 0.348. The molecule has 2 heterocycles. The Labute approximate surface area is 228 Å². The first-order chi connectivity index (χ1) is 18.6. The molecular formula is C23H27F3N6O6S2. The number of carboxylic acid groups (broad SMARTS) is 1. The largest absolute Gasteiger partial charge is 0.478 e. The molecule has 0 fully saturated rings. The van der Waals surface area contributed by atoms with Gasteiger partial charge in [0.1, 0.15) is 9.79 Å². The van der Waals surface area contributed by atoms with Crippen molar-refractivity contribution in [3.63, 3.8) is 0 Å². The number of anilines is 2. The van der Waals surface area contributed by atoms with Crippen LogP contribution >= 0.6 is 0 Å². The van der Waals surface area contributed by atoms with Crippen LogP contribution in [0.4, 0.5) is 24.5 Å². The van der Waals surface area contributed by atoms with Crippen molar-refractivity contribution in [2.24, 2.45) is 9.98 Å². The fourth-order valence-corrected chi connectivity index (χ4v) is 5.67. The molecule has 1 atom stereocenters. The average molecular weight is 605 g/mol. The number of rotatable bonds is 5. The maximum Gasteiger partial charge on any atom is 0.416 e. The van der Waals surface area contributed by atoms with Crippen LogP contribution in [0.3, 0.4) is 0 Å². The lowest BCUT2D eigenvalue weighted by Gasteiger charge is -2.22. The van der Waals surface area contributed by atoms with E-state index in [1.165, 1.54) is 12.1 Å². The van der Waals surface area contributed by atoms with Crippen molar-refractivity contribution in [2.45, 2.75) is 55.6 Å². The minimum atomic E-state index is -4.60. The molecule has 12 nitrogen and oxygen atoms in total. The summed E-state index contributed by atoms with van der Waals surface area (Å²) in [5, 5.41) is 14.4. The summed E-state index contributed by atoms with van der Waals surface area (Å²) in [7, 11) is -7.86. The molecule has 4 rings (SSSR count). The highest BCUT2D eigenvalue weighted by Crippen LogP contribution is 2.34. The standard InChI is InChI=1S/C12H15N3O4S.C11H12F3N3O2S/c1-3-7(2)13-12-14-9-5-4-8(11(16)17)6-10(9)20(18,19)15-12;1-2-5-15-10-16-8-4-3-7(11(12,13)14)6-9(8)20(18,19)17-10/h4-7H,3H2,1-2H3,(H,16,17)(H2,13,14,15);3-4,6H,2,5H2,1H3,(H2,15,16,17). The van der Waals surface area contributed by atoms with Crippen molar-refractivity contribution in [1.29, 1.82) is 0 Å². The zero-order valence-electron chi connectivity index (χ0n) is 21.5. The maximum atomic E-state index is 12.6. The Bertz CT molecular complexity index is 1570. The van der Waals surface area contributed by atoms with E-state index in [1.54, 1.807) is 0 Å². The number of alkyl halides is 3. The Balaban J connectivity index is 0.000000220. The molecule has 1 unspecified atom stereocenters. The van der Waals surface area contributed by atoms with Gasteiger partial charge in [-0.3, -0.25) is 4.99 Å². The number of nitrogens with one attached hydrogen (secondary N) is 4. The Hall–Kier alpha value is -3.86. The van der Waals surface area contributed by atoms with Crippen LogP contribution in [-0.2, 0) is 26.2 Å². The monoisotopic (exact) mass is 604 g/mol. The second-order valence-electron chi connectivity index (χ2n) is 8.65. The first-order valence-corrected chi connectivity index (χ1v) is 14.8. The number of guanidine groups is 2. The molecule has 0 spiro atoms. The van der Waals surface area contributed by atoms with Crippen molar-refractivity contribution in [3.8, 4) is 0 Å². The maximum absolute atomic E-state index is 12.6. The Morgan fingerprint density at radius 1 is 0.925 bits per heavy atom. The first kappa shape index (κ1) is 30.7. The fourth-order valence-electron chi connectivity index (χ4n) is 3.34. The summed E-state index contributed by atoms with van der Waals surface area (Å²) in [4.78, 5) is 18.5. The van der Waals surface area contributed by atoms with E-state index >= 15 is 0 Å². The number of carbonyl (C=O) groups is 1. The highest BCUT2D eigenvalue weighted by molar-refractivity contribution is 7.90. The van der Waals surface area contributed by atoms with Gasteiger partial charge in [0.05, 0.1) is 28.5 Å². The number of sulfonamides is 2. The summed E-state index contributed by atoms with van der Waals surface area (Å²) >= 11 is 0. The Kier molecular flexibility index (Phi) is 8.98. The second-order valence-corrected chi connectivity index (χ2v) is 12.0. The second kappa shape index (κ2) is 11.7. The van der Waals surface area contributed by atoms with E-state index in [2.05, 4.69) is 30.1 Å². The number of carboxylic acids is 1. The number of halogens is 3. The summed E-state index contributed by atoms with van der Waals surface area (Å²) < 4.78 is 90.2. The van der Waals surface area contributed by atoms with Gasteiger partial charge in [-0.1, -0.05) is 13.8 Å².